The molecule has 0 atom stereocenters. The molecule has 0 saturated heterocycles. The van der Waals surface area contributed by atoms with Crippen LogP contribution in [-0.2, 0) is 6.54 Å². The number of hydrogen-bond acceptors (Lipinski definition) is 4. The summed E-state index contributed by atoms with van der Waals surface area (Å²) in [6.07, 6.45) is 5.81. The highest BCUT2D eigenvalue weighted by Crippen LogP contribution is 2.04. The van der Waals surface area contributed by atoms with Crippen LogP contribution in [0.2, 0.25) is 0 Å². The minimum absolute atomic E-state index is 0.510. The van der Waals surface area contributed by atoms with Crippen LogP contribution in [0, 0.1) is 6.92 Å². The number of aliphatic imine (C=N–C) groups is 1. The number of nitrogens with zero attached hydrogens (tertiary/aromatic N) is 5. The van der Waals surface area contributed by atoms with Gasteiger partial charge >= 0.3 is 0 Å². The van der Waals surface area contributed by atoms with Crippen LogP contribution in [0.4, 0.5) is 0 Å². The minimum Gasteiger partial charge on any atom is -0.272 e. The van der Waals surface area contributed by atoms with Gasteiger partial charge in [0.1, 0.15) is 5.84 Å². The summed E-state index contributed by atoms with van der Waals surface area (Å²) in [4.78, 5) is 4.13. The predicted octanol–water partition coefficient (Wildman–Crippen LogP) is 1.79. The number of rotatable bonds is 4. The second-order valence-corrected chi connectivity index (χ2v) is 3.34. The van der Waals surface area contributed by atoms with Crippen LogP contribution >= 0.6 is 0 Å². The Bertz CT molecular complexity index is 363. The Morgan fingerprint density at radius 3 is 3.07 bits per heavy atom. The first-order valence-corrected chi connectivity index (χ1v) is 4.74. The molecule has 1 aliphatic rings. The van der Waals surface area contributed by atoms with Gasteiger partial charge in [-0.2, -0.15) is 10.2 Å². The molecule has 0 saturated carbocycles. The lowest BCUT2D eigenvalue weighted by atomic mass is 10.3. The fraction of sp³-hybridized carbons (Fsp3) is 0.556. The first-order chi connectivity index (χ1) is 6.84. The zero-order valence-corrected chi connectivity index (χ0v) is 8.22. The van der Waals surface area contributed by atoms with Gasteiger partial charge in [0.25, 0.3) is 0 Å². The third-order valence-corrected chi connectivity index (χ3v) is 2.05. The van der Waals surface area contributed by atoms with Crippen LogP contribution in [-0.4, -0.2) is 22.3 Å². The van der Waals surface area contributed by atoms with Crippen molar-refractivity contribution in [3.63, 3.8) is 0 Å². The van der Waals surface area contributed by atoms with E-state index in [0.29, 0.717) is 6.67 Å². The molecule has 1 aromatic rings. The summed E-state index contributed by atoms with van der Waals surface area (Å²) in [6.45, 7) is 3.47. The molecule has 5 heteroatoms. The van der Waals surface area contributed by atoms with Gasteiger partial charge in [-0.05, 0) is 18.9 Å². The van der Waals surface area contributed by atoms with Crippen molar-refractivity contribution in [2.75, 3.05) is 6.67 Å². The van der Waals surface area contributed by atoms with Gasteiger partial charge < -0.3 is 0 Å². The molecule has 1 aliphatic heterocycles. The second kappa shape index (κ2) is 4.13. The summed E-state index contributed by atoms with van der Waals surface area (Å²) < 4.78 is 1.95. The highest BCUT2D eigenvalue weighted by molar-refractivity contribution is 5.83. The van der Waals surface area contributed by atoms with Crippen molar-refractivity contribution >= 4 is 5.84 Å². The molecule has 0 aliphatic carbocycles. The van der Waals surface area contributed by atoms with Crippen LogP contribution in [0.3, 0.4) is 0 Å². The first-order valence-electron chi connectivity index (χ1n) is 4.74. The van der Waals surface area contributed by atoms with Gasteiger partial charge in [0.05, 0.1) is 6.20 Å². The van der Waals surface area contributed by atoms with Crippen molar-refractivity contribution in [1.82, 2.24) is 9.78 Å². The fourth-order valence-corrected chi connectivity index (χ4v) is 1.38. The van der Waals surface area contributed by atoms with Gasteiger partial charge in [0.2, 0.25) is 0 Å². The van der Waals surface area contributed by atoms with E-state index in [1.165, 1.54) is 5.56 Å². The summed E-state index contributed by atoms with van der Waals surface area (Å²) >= 11 is 0. The molecule has 0 amide bonds. The molecule has 0 spiro atoms. The van der Waals surface area contributed by atoms with Gasteiger partial charge in [-0.1, -0.05) is 0 Å². The minimum atomic E-state index is 0.510. The highest BCUT2D eigenvalue weighted by Gasteiger charge is 2.02. The molecule has 0 N–H and O–H groups in total. The van der Waals surface area contributed by atoms with Gasteiger partial charge in [-0.25, -0.2) is 4.99 Å². The summed E-state index contributed by atoms with van der Waals surface area (Å²) in [5, 5.41) is 11.9. The summed E-state index contributed by atoms with van der Waals surface area (Å²) in [7, 11) is 0. The lowest BCUT2D eigenvalue weighted by Gasteiger charge is -1.98. The van der Waals surface area contributed by atoms with Gasteiger partial charge in [0, 0.05) is 19.2 Å². The molecule has 0 aromatic carbocycles. The maximum atomic E-state index is 4.20. The van der Waals surface area contributed by atoms with E-state index in [4.69, 9.17) is 0 Å². The van der Waals surface area contributed by atoms with E-state index >= 15 is 0 Å². The normalized spacial score (nSPS) is 14.8. The Morgan fingerprint density at radius 2 is 2.43 bits per heavy atom. The van der Waals surface area contributed by atoms with Crippen molar-refractivity contribution in [2.45, 2.75) is 26.3 Å². The molecule has 74 valence electrons. The molecule has 5 nitrogen and oxygen atoms in total. The topological polar surface area (TPSA) is 54.9 Å². The molecule has 2 rings (SSSR count). The predicted molar refractivity (Wildman–Crippen MR) is 53.4 cm³/mol. The first kappa shape index (κ1) is 9.05. The zero-order valence-electron chi connectivity index (χ0n) is 8.22. The SMILES string of the molecule is Cc1cnn(CCCC2=NCN=N2)c1. The molecular weight excluding hydrogens is 178 g/mol. The molecular formula is C9H13N5. The quantitative estimate of drug-likeness (QED) is 0.715. The molecule has 1 aromatic heterocycles. The summed E-state index contributed by atoms with van der Waals surface area (Å²) in [5.74, 6) is 0.869. The Morgan fingerprint density at radius 1 is 1.50 bits per heavy atom. The molecule has 0 fully saturated rings. The lowest BCUT2D eigenvalue weighted by molar-refractivity contribution is 0.588. The lowest BCUT2D eigenvalue weighted by Crippen LogP contribution is -2.00. The van der Waals surface area contributed by atoms with E-state index in [1.807, 2.05) is 24.0 Å². The molecule has 2 heterocycles. The van der Waals surface area contributed by atoms with Crippen molar-refractivity contribution in [2.24, 2.45) is 15.2 Å². The summed E-state index contributed by atoms with van der Waals surface area (Å²) in [6, 6.07) is 0. The molecule has 14 heavy (non-hydrogen) atoms. The monoisotopic (exact) mass is 191 g/mol. The maximum absolute atomic E-state index is 4.20. The van der Waals surface area contributed by atoms with Crippen molar-refractivity contribution < 1.29 is 0 Å². The van der Waals surface area contributed by atoms with Crippen LogP contribution < -0.4 is 0 Å². The van der Waals surface area contributed by atoms with Crippen LogP contribution in [0.15, 0.2) is 27.6 Å². The van der Waals surface area contributed by atoms with Crippen molar-refractivity contribution in [3.05, 3.63) is 18.0 Å². The van der Waals surface area contributed by atoms with Crippen molar-refractivity contribution in [3.8, 4) is 0 Å². The Labute approximate surface area is 82.6 Å². The standard InChI is InChI=1S/C9H13N5/c1-8-5-12-14(6-8)4-2-3-9-10-7-11-13-9/h5-6H,2-4,7H2,1H3. The third-order valence-electron chi connectivity index (χ3n) is 2.05. The van der Waals surface area contributed by atoms with Crippen LogP contribution in [0.1, 0.15) is 18.4 Å². The van der Waals surface area contributed by atoms with E-state index in [9.17, 15) is 0 Å². The highest BCUT2D eigenvalue weighted by atomic mass is 15.3. The summed E-state index contributed by atoms with van der Waals surface area (Å²) in [5.41, 5.74) is 1.20. The van der Waals surface area contributed by atoms with Crippen molar-refractivity contribution in [1.29, 1.82) is 0 Å². The maximum Gasteiger partial charge on any atom is 0.152 e. The average molecular weight is 191 g/mol. The zero-order chi connectivity index (χ0) is 9.80. The number of amidine groups is 1. The molecule has 0 radical (unpaired) electrons. The number of hydrogen-bond donors (Lipinski definition) is 0. The number of azo groups is 1. The van der Waals surface area contributed by atoms with Gasteiger partial charge in [-0.15, -0.1) is 5.11 Å². The van der Waals surface area contributed by atoms with E-state index in [0.717, 1.165) is 25.2 Å². The Balaban J connectivity index is 1.75. The fourth-order valence-electron chi connectivity index (χ4n) is 1.38. The second-order valence-electron chi connectivity index (χ2n) is 3.34. The van der Waals surface area contributed by atoms with Crippen LogP contribution in [0.5, 0.6) is 0 Å². The van der Waals surface area contributed by atoms with Crippen LogP contribution in [0.25, 0.3) is 0 Å². The molecule has 0 bridgehead atoms. The smallest absolute Gasteiger partial charge is 0.152 e. The van der Waals surface area contributed by atoms with Gasteiger partial charge in [0.15, 0.2) is 6.67 Å². The van der Waals surface area contributed by atoms with E-state index in [-0.39, 0.29) is 0 Å². The van der Waals surface area contributed by atoms with E-state index in [2.05, 4.69) is 20.3 Å². The largest absolute Gasteiger partial charge is 0.272 e. The van der Waals surface area contributed by atoms with E-state index < -0.39 is 0 Å². The Hall–Kier alpha value is -1.52. The van der Waals surface area contributed by atoms with E-state index in [1.54, 1.807) is 0 Å². The average Bonchev–Trinajstić information content (AvgIpc) is 2.77. The third kappa shape index (κ3) is 2.25. The molecule has 0 unspecified atom stereocenters. The number of aryl methyl sites for hydroxylation is 2. The number of aromatic nitrogens is 2. The Kier molecular flexibility index (Phi) is 2.67. The van der Waals surface area contributed by atoms with Gasteiger partial charge in [-0.3, -0.25) is 4.68 Å².